The second kappa shape index (κ2) is 38.4. The van der Waals surface area contributed by atoms with Gasteiger partial charge >= 0.3 is 19.5 Å². The van der Waals surface area contributed by atoms with Crippen molar-refractivity contribution in [2.75, 3.05) is 21.1 Å². The maximum absolute atomic E-state index is 3.25. The third kappa shape index (κ3) is 1090. The van der Waals surface area contributed by atoms with E-state index >= 15 is 0 Å². The fourth-order valence-electron chi connectivity index (χ4n) is 0. The molecule has 0 aliphatic rings. The summed E-state index contributed by atoms with van der Waals surface area (Å²) < 4.78 is 0. The zero-order valence-electron chi connectivity index (χ0n) is 7.57. The first-order valence-electron chi connectivity index (χ1n) is 2.76. The van der Waals surface area contributed by atoms with Crippen LogP contribution in [0, 0.1) is 13.8 Å². The molecule has 0 atom stereocenters. The van der Waals surface area contributed by atoms with E-state index in [2.05, 4.69) is 13.8 Å². The smallest absolute Gasteiger partial charge is 0.346 e. The van der Waals surface area contributed by atoms with E-state index in [1.165, 1.54) is 0 Å². The van der Waals surface area contributed by atoms with Crippen molar-refractivity contribution in [3.63, 3.8) is 0 Å². The van der Waals surface area contributed by atoms with Gasteiger partial charge in [0.05, 0.1) is 0 Å². The standard InChI is InChI=1S/C3H9N.2C2H5.Zn/c1-4(2)3;2*1-2;/h1-3H3;2*1H2,2H3;/q;2*-1;+2. The van der Waals surface area contributed by atoms with E-state index in [4.69, 9.17) is 0 Å². The predicted octanol–water partition coefficient (Wildman–Crippen LogP) is 1.86. The van der Waals surface area contributed by atoms with Crippen molar-refractivity contribution in [2.24, 2.45) is 0 Å². The number of hydrogen-bond donors (Lipinski definition) is 0. The molecule has 1 nitrogen and oxygen atoms in total. The molecule has 0 aliphatic carbocycles. The summed E-state index contributed by atoms with van der Waals surface area (Å²) in [4.78, 5) is 2.00. The van der Waals surface area contributed by atoms with E-state index in [1.807, 2.05) is 26.0 Å². The molecule has 0 saturated heterocycles. The Balaban J connectivity index is -0.0000000221. The van der Waals surface area contributed by atoms with Crippen molar-refractivity contribution in [1.29, 1.82) is 0 Å². The summed E-state index contributed by atoms with van der Waals surface area (Å²) in [5.74, 6) is 0. The third-order valence-electron chi connectivity index (χ3n) is 0. The van der Waals surface area contributed by atoms with E-state index in [1.54, 1.807) is 13.8 Å². The molecular formula is C7H19NZn. The first-order chi connectivity index (χ1) is 3.73. The Labute approximate surface area is 73.6 Å². The van der Waals surface area contributed by atoms with Crippen LogP contribution in [-0.2, 0) is 19.5 Å². The van der Waals surface area contributed by atoms with Gasteiger partial charge in [-0.2, -0.15) is 13.8 Å². The average molecular weight is 183 g/mol. The predicted molar refractivity (Wildman–Crippen MR) is 41.7 cm³/mol. The maximum Gasteiger partial charge on any atom is 2.00 e. The molecule has 0 aromatic carbocycles. The summed E-state index contributed by atoms with van der Waals surface area (Å²) in [5.41, 5.74) is 0. The number of nitrogens with zero attached hydrogens (tertiary/aromatic N) is 1. The Hall–Kier alpha value is 0.583. The molecule has 0 aromatic rings. The molecule has 0 spiro atoms. The topological polar surface area (TPSA) is 3.24 Å². The molecule has 0 N–H and O–H groups in total. The molecule has 0 bridgehead atoms. The van der Waals surface area contributed by atoms with Gasteiger partial charge in [0.2, 0.25) is 0 Å². The van der Waals surface area contributed by atoms with Crippen LogP contribution in [0.1, 0.15) is 13.8 Å². The first-order valence-corrected chi connectivity index (χ1v) is 2.76. The third-order valence-corrected chi connectivity index (χ3v) is 0. The van der Waals surface area contributed by atoms with Crippen LogP contribution in [0.4, 0.5) is 0 Å². The Morgan fingerprint density at radius 2 is 0.778 bits per heavy atom. The van der Waals surface area contributed by atoms with Crippen LogP contribution in [0.3, 0.4) is 0 Å². The molecule has 2 heteroatoms. The van der Waals surface area contributed by atoms with Crippen LogP contribution in [0.2, 0.25) is 0 Å². The van der Waals surface area contributed by atoms with Gasteiger partial charge in [-0.1, -0.05) is 0 Å². The molecule has 0 fully saturated rings. The van der Waals surface area contributed by atoms with E-state index < -0.39 is 0 Å². The van der Waals surface area contributed by atoms with Crippen molar-refractivity contribution in [3.8, 4) is 0 Å². The zero-order chi connectivity index (χ0) is 7.58. The van der Waals surface area contributed by atoms with Gasteiger partial charge in [-0.05, 0) is 21.1 Å². The fraction of sp³-hybridized carbons (Fsp3) is 0.714. The zero-order valence-corrected chi connectivity index (χ0v) is 10.5. The summed E-state index contributed by atoms with van der Waals surface area (Å²) in [5, 5.41) is 0. The molecule has 0 amide bonds. The second-order valence-corrected chi connectivity index (χ2v) is 1.34. The van der Waals surface area contributed by atoms with Gasteiger partial charge in [-0.3, -0.25) is 0 Å². The van der Waals surface area contributed by atoms with Gasteiger partial charge in [0.15, 0.2) is 0 Å². The van der Waals surface area contributed by atoms with Crippen LogP contribution >= 0.6 is 0 Å². The van der Waals surface area contributed by atoms with Crippen LogP contribution in [0.5, 0.6) is 0 Å². The normalized spacial score (nSPS) is 5.33. The summed E-state index contributed by atoms with van der Waals surface area (Å²) >= 11 is 0. The Morgan fingerprint density at radius 1 is 0.778 bits per heavy atom. The Morgan fingerprint density at radius 3 is 0.778 bits per heavy atom. The Kier molecular flexibility index (Phi) is 96.7. The van der Waals surface area contributed by atoms with Crippen LogP contribution in [0.15, 0.2) is 0 Å². The SMILES string of the molecule is CN(C)C.[CH2-]C.[CH2-]C.[Zn+2]. The minimum absolute atomic E-state index is 0. The molecule has 0 heterocycles. The monoisotopic (exact) mass is 181 g/mol. The number of rotatable bonds is 0. The largest absolute Gasteiger partial charge is 2.00 e. The number of hydrogen-bond acceptors (Lipinski definition) is 1. The molecule has 0 radical (unpaired) electrons. The maximum atomic E-state index is 3.25. The van der Waals surface area contributed by atoms with Crippen molar-refractivity contribution < 1.29 is 19.5 Å². The second-order valence-electron chi connectivity index (χ2n) is 1.34. The van der Waals surface area contributed by atoms with E-state index in [0.29, 0.717) is 0 Å². The first kappa shape index (κ1) is 22.6. The van der Waals surface area contributed by atoms with Crippen LogP contribution in [0.25, 0.3) is 0 Å². The minimum atomic E-state index is 0. The van der Waals surface area contributed by atoms with Crippen LogP contribution in [-0.4, -0.2) is 26.0 Å². The average Bonchev–Trinajstić information content (AvgIpc) is 1.75. The van der Waals surface area contributed by atoms with Crippen molar-refractivity contribution in [1.82, 2.24) is 4.90 Å². The molecule has 0 aromatic heterocycles. The summed E-state index contributed by atoms with van der Waals surface area (Å²) in [7, 11) is 6.00. The van der Waals surface area contributed by atoms with Gasteiger partial charge in [-0.25, -0.2) is 0 Å². The van der Waals surface area contributed by atoms with Gasteiger partial charge in [0, 0.05) is 0 Å². The van der Waals surface area contributed by atoms with E-state index in [0.717, 1.165) is 0 Å². The van der Waals surface area contributed by atoms with E-state index in [-0.39, 0.29) is 19.5 Å². The van der Waals surface area contributed by atoms with Crippen molar-refractivity contribution in [3.05, 3.63) is 13.8 Å². The summed E-state index contributed by atoms with van der Waals surface area (Å²) in [6, 6.07) is 0. The summed E-state index contributed by atoms with van der Waals surface area (Å²) in [6.45, 7) is 10.0. The van der Waals surface area contributed by atoms with Gasteiger partial charge in [-0.15, -0.1) is 0 Å². The Bertz CT molecular complexity index is 13.6. The molecule has 0 rings (SSSR count). The van der Waals surface area contributed by atoms with Gasteiger partial charge < -0.3 is 18.7 Å². The molecule has 0 saturated carbocycles. The molecular weight excluding hydrogens is 163 g/mol. The fourth-order valence-corrected chi connectivity index (χ4v) is 0. The van der Waals surface area contributed by atoms with Gasteiger partial charge in [0.1, 0.15) is 0 Å². The molecule has 54 valence electrons. The minimum Gasteiger partial charge on any atom is -0.346 e. The molecule has 0 aliphatic heterocycles. The summed E-state index contributed by atoms with van der Waals surface area (Å²) in [6.07, 6.45) is 0. The molecule has 9 heavy (non-hydrogen) atoms. The van der Waals surface area contributed by atoms with Crippen LogP contribution < -0.4 is 0 Å². The van der Waals surface area contributed by atoms with E-state index in [9.17, 15) is 0 Å². The quantitative estimate of drug-likeness (QED) is 0.408. The van der Waals surface area contributed by atoms with Crippen molar-refractivity contribution in [2.45, 2.75) is 13.8 Å². The van der Waals surface area contributed by atoms with Crippen molar-refractivity contribution >= 4 is 0 Å². The molecule has 0 unspecified atom stereocenters. The van der Waals surface area contributed by atoms with Gasteiger partial charge in [0.25, 0.3) is 0 Å².